The predicted octanol–water partition coefficient (Wildman–Crippen LogP) is 4.79. The van der Waals surface area contributed by atoms with Crippen LogP contribution in [0.25, 0.3) is 0 Å². The Morgan fingerprint density at radius 2 is 1.86 bits per heavy atom. The first-order chi connectivity index (χ1) is 9.80. The zero-order valence-corrected chi connectivity index (χ0v) is 12.6. The zero-order valence-electron chi connectivity index (χ0n) is 11.9. The summed E-state index contributed by atoms with van der Waals surface area (Å²) in [6.07, 6.45) is -3.94. The van der Waals surface area contributed by atoms with Gasteiger partial charge in [0.05, 0.1) is 19.3 Å². The number of benzene rings is 1. The van der Waals surface area contributed by atoms with Crippen LogP contribution in [0.5, 0.6) is 5.75 Å². The highest BCUT2D eigenvalue weighted by Gasteiger charge is 2.32. The van der Waals surface area contributed by atoms with Gasteiger partial charge in [-0.05, 0) is 25.1 Å². The molecule has 0 spiro atoms. The smallest absolute Gasteiger partial charge is 0.426 e. The number of rotatable bonds is 7. The quantitative estimate of drug-likeness (QED) is 0.718. The molecule has 6 heteroatoms. The molecule has 118 valence electrons. The number of ether oxygens (including phenoxy) is 2. The highest BCUT2D eigenvalue weighted by atomic mass is 35.5. The van der Waals surface area contributed by atoms with Crippen LogP contribution in [0.1, 0.15) is 13.8 Å². The summed E-state index contributed by atoms with van der Waals surface area (Å²) in [5.74, 6) is 0.778. The van der Waals surface area contributed by atoms with E-state index in [1.165, 1.54) is 0 Å². The van der Waals surface area contributed by atoms with Crippen molar-refractivity contribution in [3.8, 4) is 5.75 Å². The van der Waals surface area contributed by atoms with Crippen molar-refractivity contribution >= 4 is 11.6 Å². The molecule has 0 fully saturated rings. The molecule has 0 heterocycles. The average Bonchev–Trinajstić information content (AvgIpc) is 2.44. The second-order valence-electron chi connectivity index (χ2n) is 4.69. The summed E-state index contributed by atoms with van der Waals surface area (Å²) < 4.78 is 47.4. The minimum absolute atomic E-state index is 0.0308. The fourth-order valence-corrected chi connectivity index (χ4v) is 1.50. The Kier molecular flexibility index (Phi) is 7.05. The summed E-state index contributed by atoms with van der Waals surface area (Å²) in [7, 11) is 0. The van der Waals surface area contributed by atoms with Crippen LogP contribution in [0.3, 0.4) is 0 Å². The molecular weight excluding hydrogens is 305 g/mol. The molecule has 1 aromatic rings. The van der Waals surface area contributed by atoms with Crippen LogP contribution in [0.15, 0.2) is 41.4 Å². The van der Waals surface area contributed by atoms with E-state index in [-0.39, 0.29) is 18.6 Å². The molecule has 0 aliphatic rings. The zero-order chi connectivity index (χ0) is 15.9. The molecule has 1 aromatic carbocycles. The summed E-state index contributed by atoms with van der Waals surface area (Å²) in [4.78, 5) is 0. The lowest BCUT2D eigenvalue weighted by atomic mass is 10.1. The van der Waals surface area contributed by atoms with E-state index in [0.717, 1.165) is 11.8 Å². The van der Waals surface area contributed by atoms with Crippen molar-refractivity contribution in [1.29, 1.82) is 0 Å². The van der Waals surface area contributed by atoms with Crippen LogP contribution in [0.2, 0.25) is 0 Å². The first kappa shape index (κ1) is 17.9. The van der Waals surface area contributed by atoms with Gasteiger partial charge >= 0.3 is 6.18 Å². The normalized spacial score (nSPS) is 15.6. The van der Waals surface area contributed by atoms with Crippen LogP contribution in [-0.2, 0) is 4.74 Å². The van der Waals surface area contributed by atoms with Gasteiger partial charge < -0.3 is 9.47 Å². The Morgan fingerprint density at radius 3 is 2.43 bits per heavy atom. The van der Waals surface area contributed by atoms with E-state index in [9.17, 15) is 13.2 Å². The Bertz CT molecular complexity index is 446. The van der Waals surface area contributed by atoms with Crippen LogP contribution in [0.4, 0.5) is 13.2 Å². The van der Waals surface area contributed by atoms with Gasteiger partial charge in [-0.2, -0.15) is 13.2 Å². The fourth-order valence-electron chi connectivity index (χ4n) is 1.43. The van der Waals surface area contributed by atoms with E-state index in [0.29, 0.717) is 6.61 Å². The summed E-state index contributed by atoms with van der Waals surface area (Å²) in [6.45, 7) is 3.92. The largest absolute Gasteiger partial charge is 0.493 e. The molecule has 2 atom stereocenters. The summed E-state index contributed by atoms with van der Waals surface area (Å²) in [5.41, 5.74) is 0. The number of hydrogen-bond acceptors (Lipinski definition) is 2. The van der Waals surface area contributed by atoms with Crippen LogP contribution >= 0.6 is 11.6 Å². The van der Waals surface area contributed by atoms with E-state index >= 15 is 0 Å². The predicted molar refractivity (Wildman–Crippen MR) is 76.5 cm³/mol. The molecule has 0 N–H and O–H groups in total. The van der Waals surface area contributed by atoms with Crippen molar-refractivity contribution in [2.45, 2.75) is 26.1 Å². The van der Waals surface area contributed by atoms with E-state index in [1.54, 1.807) is 6.92 Å². The lowest BCUT2D eigenvalue weighted by molar-refractivity contribution is -0.0854. The summed E-state index contributed by atoms with van der Waals surface area (Å²) in [5, 5.41) is -1.16. The molecule has 0 amide bonds. The number of para-hydroxylation sites is 1. The Balaban J connectivity index is 2.33. The molecule has 0 radical (unpaired) electrons. The van der Waals surface area contributed by atoms with Crippen molar-refractivity contribution in [2.24, 2.45) is 5.92 Å². The van der Waals surface area contributed by atoms with Crippen molar-refractivity contribution in [3.05, 3.63) is 41.4 Å². The van der Waals surface area contributed by atoms with Gasteiger partial charge in [-0.15, -0.1) is 0 Å². The van der Waals surface area contributed by atoms with E-state index < -0.39 is 11.2 Å². The minimum atomic E-state index is -4.52. The maximum absolute atomic E-state index is 12.2. The molecular formula is C15H18ClF3O2. The second-order valence-corrected chi connectivity index (χ2v) is 5.10. The average molecular weight is 323 g/mol. The highest BCUT2D eigenvalue weighted by Crippen LogP contribution is 2.28. The van der Waals surface area contributed by atoms with Gasteiger partial charge in [0.2, 0.25) is 0 Å². The second kappa shape index (κ2) is 8.29. The van der Waals surface area contributed by atoms with Crippen molar-refractivity contribution in [1.82, 2.24) is 0 Å². The number of halogens is 4. The molecule has 2 nitrogen and oxygen atoms in total. The first-order valence-corrected chi connectivity index (χ1v) is 6.90. The Labute approximate surface area is 127 Å². The van der Waals surface area contributed by atoms with E-state index in [1.807, 2.05) is 37.3 Å². The Hall–Kier alpha value is -1.20. The topological polar surface area (TPSA) is 18.5 Å². The molecule has 21 heavy (non-hydrogen) atoms. The summed E-state index contributed by atoms with van der Waals surface area (Å²) >= 11 is 5.09. The molecule has 0 aromatic heterocycles. The molecule has 0 bridgehead atoms. The van der Waals surface area contributed by atoms with Gasteiger partial charge in [-0.25, -0.2) is 0 Å². The standard InChI is InChI=1S/C15H18ClF3O2/c1-11(10-21-13-6-4-3-5-7-13)12(2)20-9-8-14(16)15(17,18)19/h3-8,11-12H,9-10H2,1-2H3/b14-8-. The van der Waals surface area contributed by atoms with E-state index in [4.69, 9.17) is 21.1 Å². The van der Waals surface area contributed by atoms with Crippen molar-refractivity contribution in [3.63, 3.8) is 0 Å². The SMILES string of the molecule is CC(COc1ccccc1)C(C)OC/C=C(\Cl)C(F)(F)F. The summed E-state index contributed by atoms with van der Waals surface area (Å²) in [6, 6.07) is 9.29. The number of alkyl halides is 3. The maximum Gasteiger partial charge on any atom is 0.426 e. The number of hydrogen-bond donors (Lipinski definition) is 0. The van der Waals surface area contributed by atoms with Crippen LogP contribution in [0, 0.1) is 5.92 Å². The molecule has 2 unspecified atom stereocenters. The van der Waals surface area contributed by atoms with Gasteiger partial charge in [0, 0.05) is 5.92 Å². The van der Waals surface area contributed by atoms with Gasteiger partial charge in [-0.3, -0.25) is 0 Å². The lowest BCUT2D eigenvalue weighted by Gasteiger charge is -2.20. The lowest BCUT2D eigenvalue weighted by Crippen LogP contribution is -2.24. The minimum Gasteiger partial charge on any atom is -0.493 e. The maximum atomic E-state index is 12.2. The third kappa shape index (κ3) is 6.87. The molecule has 0 saturated carbocycles. The molecule has 0 aliphatic heterocycles. The van der Waals surface area contributed by atoms with Crippen molar-refractivity contribution < 1.29 is 22.6 Å². The third-order valence-electron chi connectivity index (χ3n) is 2.95. The van der Waals surface area contributed by atoms with Gasteiger partial charge in [0.15, 0.2) is 0 Å². The Morgan fingerprint density at radius 1 is 1.24 bits per heavy atom. The molecule has 0 aliphatic carbocycles. The van der Waals surface area contributed by atoms with Gasteiger partial charge in [-0.1, -0.05) is 36.7 Å². The first-order valence-electron chi connectivity index (χ1n) is 6.53. The monoisotopic (exact) mass is 322 g/mol. The van der Waals surface area contributed by atoms with Gasteiger partial charge in [0.1, 0.15) is 10.8 Å². The van der Waals surface area contributed by atoms with Crippen LogP contribution < -0.4 is 4.74 Å². The van der Waals surface area contributed by atoms with E-state index in [2.05, 4.69) is 0 Å². The number of allylic oxidation sites excluding steroid dienone is 1. The fraction of sp³-hybridized carbons (Fsp3) is 0.467. The third-order valence-corrected chi connectivity index (χ3v) is 3.32. The molecule has 0 saturated heterocycles. The van der Waals surface area contributed by atoms with Gasteiger partial charge in [0.25, 0.3) is 0 Å². The molecule has 1 rings (SSSR count). The van der Waals surface area contributed by atoms with Crippen LogP contribution in [-0.4, -0.2) is 25.5 Å². The highest BCUT2D eigenvalue weighted by molar-refractivity contribution is 6.30. The van der Waals surface area contributed by atoms with Crippen molar-refractivity contribution in [2.75, 3.05) is 13.2 Å².